The molecule has 0 amide bonds. The highest BCUT2D eigenvalue weighted by atomic mass is 16.5. The maximum atomic E-state index is 8.46. The molecule has 0 aliphatic heterocycles. The molecule has 0 spiro atoms. The van der Waals surface area contributed by atoms with Crippen LogP contribution >= 0.6 is 0 Å². The first-order chi connectivity index (χ1) is 8.88. The van der Waals surface area contributed by atoms with Crippen LogP contribution in [-0.2, 0) is 0 Å². The highest BCUT2D eigenvalue weighted by molar-refractivity contribution is 5.95. The summed E-state index contributed by atoms with van der Waals surface area (Å²) >= 11 is 0. The van der Waals surface area contributed by atoms with Crippen molar-refractivity contribution in [2.75, 3.05) is 0 Å². The summed E-state index contributed by atoms with van der Waals surface area (Å²) in [6, 6.07) is 15.8. The van der Waals surface area contributed by atoms with E-state index in [1.807, 2.05) is 42.5 Å². The standard InChI is InChI=1S/C14H10N2O2/c17-15-9-11-8-14(18-16-11)13-7-3-5-10-4-1-2-6-12(10)13/h1-9,17H/b15-9-. The van der Waals surface area contributed by atoms with Gasteiger partial charge >= 0.3 is 0 Å². The maximum absolute atomic E-state index is 8.46. The van der Waals surface area contributed by atoms with Crippen molar-refractivity contribution in [3.8, 4) is 11.3 Å². The average Bonchev–Trinajstić information content (AvgIpc) is 2.87. The summed E-state index contributed by atoms with van der Waals surface area (Å²) in [5.41, 5.74) is 1.46. The molecule has 0 aliphatic rings. The van der Waals surface area contributed by atoms with Gasteiger partial charge in [-0.25, -0.2) is 0 Å². The predicted octanol–water partition coefficient (Wildman–Crippen LogP) is 3.30. The van der Waals surface area contributed by atoms with E-state index >= 15 is 0 Å². The zero-order valence-corrected chi connectivity index (χ0v) is 9.45. The van der Waals surface area contributed by atoms with Gasteiger partial charge in [0.2, 0.25) is 0 Å². The number of hydrogen-bond donors (Lipinski definition) is 1. The summed E-state index contributed by atoms with van der Waals surface area (Å²) < 4.78 is 5.26. The molecule has 0 atom stereocenters. The summed E-state index contributed by atoms with van der Waals surface area (Å²) in [7, 11) is 0. The maximum Gasteiger partial charge on any atom is 0.168 e. The van der Waals surface area contributed by atoms with Crippen LogP contribution in [0.1, 0.15) is 5.69 Å². The van der Waals surface area contributed by atoms with Crippen molar-refractivity contribution in [3.63, 3.8) is 0 Å². The normalized spacial score (nSPS) is 11.3. The van der Waals surface area contributed by atoms with Gasteiger partial charge in [0.25, 0.3) is 0 Å². The average molecular weight is 238 g/mol. The second-order valence-electron chi connectivity index (χ2n) is 3.89. The number of aromatic nitrogens is 1. The summed E-state index contributed by atoms with van der Waals surface area (Å²) in [5.74, 6) is 0.654. The van der Waals surface area contributed by atoms with Crippen LogP contribution in [0.5, 0.6) is 0 Å². The number of hydrogen-bond acceptors (Lipinski definition) is 4. The van der Waals surface area contributed by atoms with Crippen LogP contribution in [0.25, 0.3) is 22.1 Å². The molecule has 3 rings (SSSR count). The fourth-order valence-electron chi connectivity index (χ4n) is 1.98. The molecular weight excluding hydrogens is 228 g/mol. The number of rotatable bonds is 2. The molecule has 4 nitrogen and oxygen atoms in total. The Labute approximate surface area is 103 Å². The van der Waals surface area contributed by atoms with Crippen LogP contribution in [0, 0.1) is 0 Å². The minimum absolute atomic E-state index is 0.487. The van der Waals surface area contributed by atoms with E-state index in [0.29, 0.717) is 11.5 Å². The Balaban J connectivity index is 2.18. The van der Waals surface area contributed by atoms with Crippen LogP contribution in [0.4, 0.5) is 0 Å². The number of fused-ring (bicyclic) bond motifs is 1. The largest absolute Gasteiger partial charge is 0.411 e. The van der Waals surface area contributed by atoms with Gasteiger partial charge in [0.15, 0.2) is 5.76 Å². The molecule has 0 radical (unpaired) electrons. The van der Waals surface area contributed by atoms with E-state index in [4.69, 9.17) is 9.73 Å². The minimum Gasteiger partial charge on any atom is -0.411 e. The third-order valence-electron chi connectivity index (χ3n) is 2.77. The molecule has 0 saturated carbocycles. The molecule has 2 aromatic carbocycles. The Kier molecular flexibility index (Phi) is 2.53. The zero-order valence-electron chi connectivity index (χ0n) is 9.45. The summed E-state index contributed by atoms with van der Waals surface area (Å²) in [5, 5.41) is 17.4. The summed E-state index contributed by atoms with van der Waals surface area (Å²) in [4.78, 5) is 0. The first-order valence-corrected chi connectivity index (χ1v) is 5.51. The summed E-state index contributed by atoms with van der Waals surface area (Å²) in [6.07, 6.45) is 1.23. The molecule has 0 aliphatic carbocycles. The van der Waals surface area contributed by atoms with Gasteiger partial charge in [0, 0.05) is 11.6 Å². The molecule has 3 aromatic rings. The van der Waals surface area contributed by atoms with Gasteiger partial charge in [-0.3, -0.25) is 0 Å². The smallest absolute Gasteiger partial charge is 0.168 e. The van der Waals surface area contributed by atoms with Gasteiger partial charge in [0.1, 0.15) is 5.69 Å². The highest BCUT2D eigenvalue weighted by Gasteiger charge is 2.08. The Morgan fingerprint density at radius 3 is 2.83 bits per heavy atom. The number of benzene rings is 2. The van der Waals surface area contributed by atoms with E-state index in [1.165, 1.54) is 6.21 Å². The van der Waals surface area contributed by atoms with Gasteiger partial charge in [-0.2, -0.15) is 0 Å². The van der Waals surface area contributed by atoms with Crippen molar-refractivity contribution >= 4 is 17.0 Å². The van der Waals surface area contributed by atoms with E-state index in [-0.39, 0.29) is 0 Å². The second kappa shape index (κ2) is 4.33. The Hall–Kier alpha value is -2.62. The molecule has 4 heteroatoms. The molecule has 0 fully saturated rings. The van der Waals surface area contributed by atoms with Gasteiger partial charge in [-0.1, -0.05) is 52.8 Å². The number of oxime groups is 1. The highest BCUT2D eigenvalue weighted by Crippen LogP contribution is 2.28. The molecule has 88 valence electrons. The molecule has 1 heterocycles. The van der Waals surface area contributed by atoms with Gasteiger partial charge in [-0.15, -0.1) is 0 Å². The van der Waals surface area contributed by atoms with E-state index in [1.54, 1.807) is 6.07 Å². The van der Waals surface area contributed by atoms with Crippen LogP contribution in [0.3, 0.4) is 0 Å². The van der Waals surface area contributed by atoms with E-state index in [2.05, 4.69) is 10.3 Å². The van der Waals surface area contributed by atoms with Crippen LogP contribution in [0.2, 0.25) is 0 Å². The fraction of sp³-hybridized carbons (Fsp3) is 0. The lowest BCUT2D eigenvalue weighted by Gasteiger charge is -2.02. The van der Waals surface area contributed by atoms with Crippen molar-refractivity contribution in [1.82, 2.24) is 5.16 Å². The molecule has 1 N–H and O–H groups in total. The van der Waals surface area contributed by atoms with Gasteiger partial charge < -0.3 is 9.73 Å². The molecule has 0 unspecified atom stereocenters. The number of nitrogens with zero attached hydrogens (tertiary/aromatic N) is 2. The Bertz CT molecular complexity index is 711. The third kappa shape index (κ3) is 1.73. The van der Waals surface area contributed by atoms with Gasteiger partial charge in [-0.05, 0) is 10.8 Å². The van der Waals surface area contributed by atoms with Crippen LogP contribution in [-0.4, -0.2) is 16.6 Å². The Morgan fingerprint density at radius 1 is 1.11 bits per heavy atom. The first kappa shape index (κ1) is 10.5. The lowest BCUT2D eigenvalue weighted by atomic mass is 10.0. The quantitative estimate of drug-likeness (QED) is 0.423. The topological polar surface area (TPSA) is 58.6 Å². The first-order valence-electron chi connectivity index (χ1n) is 5.51. The molecule has 0 saturated heterocycles. The van der Waals surface area contributed by atoms with E-state index in [0.717, 1.165) is 16.3 Å². The Morgan fingerprint density at radius 2 is 1.94 bits per heavy atom. The minimum atomic E-state index is 0.487. The molecule has 1 aromatic heterocycles. The predicted molar refractivity (Wildman–Crippen MR) is 68.8 cm³/mol. The van der Waals surface area contributed by atoms with Crippen molar-refractivity contribution in [3.05, 3.63) is 54.2 Å². The summed E-state index contributed by atoms with van der Waals surface area (Å²) in [6.45, 7) is 0. The van der Waals surface area contributed by atoms with Crippen molar-refractivity contribution in [1.29, 1.82) is 0 Å². The lowest BCUT2D eigenvalue weighted by Crippen LogP contribution is -1.79. The van der Waals surface area contributed by atoms with Crippen LogP contribution < -0.4 is 0 Å². The van der Waals surface area contributed by atoms with Crippen molar-refractivity contribution in [2.45, 2.75) is 0 Å². The lowest BCUT2D eigenvalue weighted by molar-refractivity contribution is 0.321. The zero-order chi connectivity index (χ0) is 12.4. The van der Waals surface area contributed by atoms with Crippen molar-refractivity contribution < 1.29 is 9.73 Å². The second-order valence-corrected chi connectivity index (χ2v) is 3.89. The van der Waals surface area contributed by atoms with Crippen LogP contribution in [0.15, 0.2) is 58.2 Å². The molecule has 0 bridgehead atoms. The van der Waals surface area contributed by atoms with E-state index < -0.39 is 0 Å². The third-order valence-corrected chi connectivity index (χ3v) is 2.77. The molecular formula is C14H10N2O2. The molecule has 18 heavy (non-hydrogen) atoms. The SMILES string of the molecule is O/N=C\c1cc(-c2cccc3ccccc23)on1. The fourth-order valence-corrected chi connectivity index (χ4v) is 1.98. The van der Waals surface area contributed by atoms with E-state index in [9.17, 15) is 0 Å². The van der Waals surface area contributed by atoms with Gasteiger partial charge in [0.05, 0.1) is 6.21 Å². The monoisotopic (exact) mass is 238 g/mol. The van der Waals surface area contributed by atoms with Crippen molar-refractivity contribution in [2.24, 2.45) is 5.16 Å².